The summed E-state index contributed by atoms with van der Waals surface area (Å²) in [6.45, 7) is 7.56. The van der Waals surface area contributed by atoms with Crippen LogP contribution >= 0.6 is 11.6 Å². The van der Waals surface area contributed by atoms with E-state index in [4.69, 9.17) is 21.1 Å². The third kappa shape index (κ3) is 8.87. The van der Waals surface area contributed by atoms with Crippen molar-refractivity contribution in [2.75, 3.05) is 19.8 Å². The molecule has 1 aliphatic rings. The van der Waals surface area contributed by atoms with Crippen LogP contribution in [0, 0.1) is 5.92 Å². The fourth-order valence-corrected chi connectivity index (χ4v) is 4.08. The number of ether oxygens (including phenoxy) is 2. The molecule has 0 fully saturated rings. The lowest BCUT2D eigenvalue weighted by atomic mass is 10.00. The van der Waals surface area contributed by atoms with Crippen molar-refractivity contribution in [3.05, 3.63) is 59.1 Å². The second-order valence-electron chi connectivity index (χ2n) is 10.5. The van der Waals surface area contributed by atoms with Crippen molar-refractivity contribution >= 4 is 35.2 Å². The summed E-state index contributed by atoms with van der Waals surface area (Å²) in [4.78, 5) is 52.2. The molecule has 2 aromatic carbocycles. The van der Waals surface area contributed by atoms with Crippen LogP contribution in [0.4, 0.5) is 0 Å². The number of rotatable bonds is 6. The van der Waals surface area contributed by atoms with Crippen LogP contribution in [-0.4, -0.2) is 61.0 Å². The maximum atomic E-state index is 13.3. The predicted octanol–water partition coefficient (Wildman–Crippen LogP) is 2.84. The van der Waals surface area contributed by atoms with E-state index in [1.807, 2.05) is 13.8 Å². The van der Waals surface area contributed by atoms with Crippen LogP contribution in [0.3, 0.4) is 0 Å². The molecule has 0 saturated heterocycles. The van der Waals surface area contributed by atoms with Gasteiger partial charge in [-0.25, -0.2) is 0 Å². The molecule has 0 aliphatic carbocycles. The van der Waals surface area contributed by atoms with Gasteiger partial charge in [0.1, 0.15) is 36.3 Å². The average molecular weight is 573 g/mol. The van der Waals surface area contributed by atoms with Gasteiger partial charge in [0.25, 0.3) is 5.91 Å². The first-order valence-electron chi connectivity index (χ1n) is 13.3. The van der Waals surface area contributed by atoms with Gasteiger partial charge in [-0.05, 0) is 62.6 Å². The van der Waals surface area contributed by atoms with Gasteiger partial charge in [0.15, 0.2) is 0 Å². The summed E-state index contributed by atoms with van der Waals surface area (Å²) in [6, 6.07) is 12.1. The third-order valence-electron chi connectivity index (χ3n) is 6.46. The third-order valence-corrected chi connectivity index (χ3v) is 6.71. The molecule has 2 atom stereocenters. The number of carbonyl (C=O) groups is 4. The zero-order valence-corrected chi connectivity index (χ0v) is 24.0. The Morgan fingerprint density at radius 1 is 1.10 bits per heavy atom. The number of hydrogen-bond donors (Lipinski definition) is 4. The lowest BCUT2D eigenvalue weighted by molar-refractivity contribution is -0.133. The Morgan fingerprint density at radius 2 is 1.80 bits per heavy atom. The van der Waals surface area contributed by atoms with Crippen LogP contribution in [0.2, 0.25) is 5.02 Å². The molecule has 40 heavy (non-hydrogen) atoms. The van der Waals surface area contributed by atoms with Crippen molar-refractivity contribution in [1.82, 2.24) is 21.3 Å². The van der Waals surface area contributed by atoms with E-state index in [1.165, 1.54) is 0 Å². The summed E-state index contributed by atoms with van der Waals surface area (Å²) in [5, 5.41) is 11.8. The number of para-hydroxylation sites is 1. The van der Waals surface area contributed by atoms with Crippen molar-refractivity contribution in [1.29, 1.82) is 0 Å². The fourth-order valence-electron chi connectivity index (χ4n) is 3.95. The fraction of sp³-hybridized carbons (Fsp3) is 0.448. The first kappa shape index (κ1) is 30.7. The second-order valence-corrected chi connectivity index (χ2v) is 10.9. The molecule has 4 N–H and O–H groups in total. The number of halogens is 1. The molecule has 0 bridgehead atoms. The highest BCUT2D eigenvalue weighted by Crippen LogP contribution is 2.20. The maximum Gasteiger partial charge on any atom is 0.255 e. The average Bonchev–Trinajstić information content (AvgIpc) is 2.91. The Bertz CT molecular complexity index is 1200. The molecule has 216 valence electrons. The highest BCUT2D eigenvalue weighted by atomic mass is 35.5. The van der Waals surface area contributed by atoms with E-state index < -0.39 is 29.3 Å². The van der Waals surface area contributed by atoms with Gasteiger partial charge in [-0.2, -0.15) is 0 Å². The minimum atomic E-state index is -1.21. The molecule has 2 aromatic rings. The van der Waals surface area contributed by atoms with Gasteiger partial charge in [-0.1, -0.05) is 37.6 Å². The van der Waals surface area contributed by atoms with E-state index in [-0.39, 0.29) is 56.0 Å². The summed E-state index contributed by atoms with van der Waals surface area (Å²) < 4.78 is 11.6. The molecule has 3 rings (SSSR count). The Hall–Kier alpha value is -3.79. The van der Waals surface area contributed by atoms with E-state index in [1.54, 1.807) is 62.4 Å². The van der Waals surface area contributed by atoms with Crippen LogP contribution < -0.4 is 30.7 Å². The van der Waals surface area contributed by atoms with Gasteiger partial charge in [-0.15, -0.1) is 0 Å². The number of hydrogen-bond acceptors (Lipinski definition) is 6. The number of amides is 4. The first-order chi connectivity index (χ1) is 19.0. The predicted molar refractivity (Wildman–Crippen MR) is 151 cm³/mol. The van der Waals surface area contributed by atoms with Crippen molar-refractivity contribution in [3.8, 4) is 11.5 Å². The standard InChI is InChI=1S/C29H37ClN4O6/c1-18(2)23-17-40-24-8-6-5-7-21(24)26(36)32-22(13-14-25(35)34-29(3,4)28(38)33-23)27(37)31-15-16-39-20-11-9-19(30)10-12-20/h5-12,18,22-23H,13-17H2,1-4H3,(H,31,37)(H,32,36)(H,33,38)(H,34,35)/t22-,23-/m0/s1. The lowest BCUT2D eigenvalue weighted by Crippen LogP contribution is -2.58. The van der Waals surface area contributed by atoms with E-state index in [2.05, 4.69) is 21.3 Å². The van der Waals surface area contributed by atoms with Crippen molar-refractivity contribution in [3.63, 3.8) is 0 Å². The molecular formula is C29H37ClN4O6. The number of nitrogens with one attached hydrogen (secondary N) is 4. The zero-order valence-electron chi connectivity index (χ0n) is 23.2. The van der Waals surface area contributed by atoms with E-state index in [9.17, 15) is 19.2 Å². The van der Waals surface area contributed by atoms with Crippen LogP contribution in [0.15, 0.2) is 48.5 Å². The molecule has 0 saturated carbocycles. The Labute approximate surface area is 239 Å². The number of carbonyl (C=O) groups excluding carboxylic acids is 4. The lowest BCUT2D eigenvalue weighted by Gasteiger charge is -2.30. The number of benzene rings is 2. The first-order valence-corrected chi connectivity index (χ1v) is 13.6. The van der Waals surface area contributed by atoms with Gasteiger partial charge in [-0.3, -0.25) is 19.2 Å². The SMILES string of the molecule is CC(C)[C@@H]1COc2ccccc2C(=O)N[C@H](C(=O)NCCOc2ccc(Cl)cc2)CCC(=O)NC(C)(C)C(=O)N1. The molecular weight excluding hydrogens is 536 g/mol. The maximum absolute atomic E-state index is 13.3. The Kier molecular flexibility index (Phi) is 10.8. The van der Waals surface area contributed by atoms with E-state index in [0.29, 0.717) is 16.5 Å². The summed E-state index contributed by atoms with van der Waals surface area (Å²) >= 11 is 5.88. The van der Waals surface area contributed by atoms with Crippen molar-refractivity contribution in [2.24, 2.45) is 5.92 Å². The molecule has 10 nitrogen and oxygen atoms in total. The van der Waals surface area contributed by atoms with Crippen molar-refractivity contribution < 1.29 is 28.7 Å². The molecule has 0 aromatic heterocycles. The molecule has 11 heteroatoms. The highest BCUT2D eigenvalue weighted by molar-refractivity contribution is 6.30. The van der Waals surface area contributed by atoms with Gasteiger partial charge in [0, 0.05) is 11.4 Å². The summed E-state index contributed by atoms with van der Waals surface area (Å²) in [5.41, 5.74) is -0.970. The Balaban J connectivity index is 1.77. The molecule has 1 aliphatic heterocycles. The summed E-state index contributed by atoms with van der Waals surface area (Å²) in [6.07, 6.45) is -0.0844. The Morgan fingerprint density at radius 3 is 2.50 bits per heavy atom. The molecule has 0 radical (unpaired) electrons. The summed E-state index contributed by atoms with van der Waals surface area (Å²) in [7, 11) is 0. The van der Waals surface area contributed by atoms with E-state index in [0.717, 1.165) is 0 Å². The normalized spacial score (nSPS) is 20.0. The topological polar surface area (TPSA) is 135 Å². The minimum Gasteiger partial charge on any atom is -0.492 e. The van der Waals surface area contributed by atoms with Crippen LogP contribution in [0.5, 0.6) is 11.5 Å². The quantitative estimate of drug-likeness (QED) is 0.393. The van der Waals surface area contributed by atoms with Crippen LogP contribution in [0.25, 0.3) is 0 Å². The van der Waals surface area contributed by atoms with Gasteiger partial charge in [0.2, 0.25) is 17.7 Å². The summed E-state index contributed by atoms with van der Waals surface area (Å²) in [5.74, 6) is -0.848. The monoisotopic (exact) mass is 572 g/mol. The number of fused-ring (bicyclic) bond motifs is 1. The van der Waals surface area contributed by atoms with Crippen LogP contribution in [-0.2, 0) is 14.4 Å². The molecule has 4 amide bonds. The smallest absolute Gasteiger partial charge is 0.255 e. The molecule has 1 heterocycles. The molecule has 0 unspecified atom stereocenters. The van der Waals surface area contributed by atoms with E-state index >= 15 is 0 Å². The second kappa shape index (κ2) is 14.0. The molecule has 0 spiro atoms. The largest absolute Gasteiger partial charge is 0.492 e. The van der Waals surface area contributed by atoms with Gasteiger partial charge >= 0.3 is 0 Å². The highest BCUT2D eigenvalue weighted by Gasteiger charge is 2.33. The zero-order chi connectivity index (χ0) is 29.3. The minimum absolute atomic E-state index is 0.0107. The van der Waals surface area contributed by atoms with Crippen LogP contribution in [0.1, 0.15) is 50.9 Å². The van der Waals surface area contributed by atoms with Gasteiger partial charge < -0.3 is 30.7 Å². The van der Waals surface area contributed by atoms with Gasteiger partial charge in [0.05, 0.1) is 18.2 Å². The van der Waals surface area contributed by atoms with Crippen molar-refractivity contribution in [2.45, 2.75) is 58.2 Å².